The second kappa shape index (κ2) is 7.07. The Labute approximate surface area is 111 Å². The second-order valence-corrected chi connectivity index (χ2v) is 5.91. The van der Waals surface area contributed by atoms with Crippen molar-refractivity contribution in [2.75, 3.05) is 40.3 Å². The molecular weight excluding hydrogens is 228 g/mol. The van der Waals surface area contributed by atoms with Gasteiger partial charge in [-0.3, -0.25) is 4.79 Å². The largest absolute Gasteiger partial charge is 0.368 e. The molecule has 0 saturated carbocycles. The van der Waals surface area contributed by atoms with E-state index in [0.717, 1.165) is 13.1 Å². The van der Waals surface area contributed by atoms with Crippen molar-refractivity contribution >= 4 is 5.91 Å². The van der Waals surface area contributed by atoms with Gasteiger partial charge in [-0.15, -0.1) is 0 Å². The quantitative estimate of drug-likeness (QED) is 0.658. The van der Waals surface area contributed by atoms with Crippen LogP contribution in [0.4, 0.5) is 0 Å². The summed E-state index contributed by atoms with van der Waals surface area (Å²) in [6.45, 7) is 8.12. The lowest BCUT2D eigenvalue weighted by Crippen LogP contribution is -2.51. The zero-order valence-electron chi connectivity index (χ0n) is 12.1. The van der Waals surface area contributed by atoms with E-state index < -0.39 is 0 Å². The van der Waals surface area contributed by atoms with Crippen LogP contribution in [0.5, 0.6) is 0 Å². The Bertz CT molecular complexity index is 270. The second-order valence-electron chi connectivity index (χ2n) is 5.91. The maximum Gasteiger partial charge on any atom is 0.235 e. The molecule has 0 aromatic rings. The van der Waals surface area contributed by atoms with Gasteiger partial charge < -0.3 is 20.9 Å². The van der Waals surface area contributed by atoms with Crippen molar-refractivity contribution in [3.05, 3.63) is 0 Å². The first-order chi connectivity index (χ1) is 8.38. The van der Waals surface area contributed by atoms with Crippen LogP contribution in [0.15, 0.2) is 0 Å². The van der Waals surface area contributed by atoms with Crippen LogP contribution in [-0.4, -0.2) is 68.1 Å². The third-order valence-electron chi connectivity index (χ3n) is 3.43. The van der Waals surface area contributed by atoms with Crippen LogP contribution in [-0.2, 0) is 4.79 Å². The maximum absolute atomic E-state index is 11.4. The Morgan fingerprint density at radius 3 is 2.67 bits per heavy atom. The minimum atomic E-state index is -0.265. The van der Waals surface area contributed by atoms with Gasteiger partial charge in [0.2, 0.25) is 5.91 Å². The first-order valence-corrected chi connectivity index (χ1v) is 6.81. The third-order valence-corrected chi connectivity index (χ3v) is 3.43. The highest BCUT2D eigenvalue weighted by Crippen LogP contribution is 2.15. The number of nitrogens with one attached hydrogen (secondary N) is 1. The van der Waals surface area contributed by atoms with Crippen molar-refractivity contribution in [2.24, 2.45) is 11.7 Å². The summed E-state index contributed by atoms with van der Waals surface area (Å²) in [6, 6.07) is 0.0163. The molecular formula is C13H28N4O. The van der Waals surface area contributed by atoms with Crippen molar-refractivity contribution in [1.82, 2.24) is 15.1 Å². The molecule has 0 bridgehead atoms. The van der Waals surface area contributed by atoms with Crippen LogP contribution < -0.4 is 11.1 Å². The van der Waals surface area contributed by atoms with E-state index in [9.17, 15) is 4.79 Å². The van der Waals surface area contributed by atoms with E-state index in [4.69, 9.17) is 5.73 Å². The topological polar surface area (TPSA) is 61.6 Å². The monoisotopic (exact) mass is 256 g/mol. The zero-order valence-corrected chi connectivity index (χ0v) is 12.1. The molecule has 106 valence electrons. The van der Waals surface area contributed by atoms with Crippen LogP contribution in [0, 0.1) is 5.92 Å². The molecule has 0 spiro atoms. The number of hydrogen-bond acceptors (Lipinski definition) is 4. The summed E-state index contributed by atoms with van der Waals surface area (Å²) in [5.74, 6) is 0.451. The van der Waals surface area contributed by atoms with Gasteiger partial charge in [-0.2, -0.15) is 0 Å². The van der Waals surface area contributed by atoms with Gasteiger partial charge in [0.15, 0.2) is 0 Å². The van der Waals surface area contributed by atoms with Gasteiger partial charge in [0.1, 0.15) is 0 Å². The summed E-state index contributed by atoms with van der Waals surface area (Å²) >= 11 is 0. The zero-order chi connectivity index (χ0) is 13.7. The molecule has 5 heteroatoms. The summed E-state index contributed by atoms with van der Waals surface area (Å²) in [7, 11) is 4.22. The molecule has 2 unspecified atom stereocenters. The summed E-state index contributed by atoms with van der Waals surface area (Å²) in [5.41, 5.74) is 5.43. The normalized spacial score (nSPS) is 22.9. The molecule has 5 nitrogen and oxygen atoms in total. The molecule has 0 radical (unpaired) electrons. The van der Waals surface area contributed by atoms with Crippen molar-refractivity contribution in [1.29, 1.82) is 0 Å². The van der Waals surface area contributed by atoms with Gasteiger partial charge in [-0.05, 0) is 33.0 Å². The van der Waals surface area contributed by atoms with Crippen LogP contribution in [0.3, 0.4) is 0 Å². The molecule has 1 aliphatic heterocycles. The SMILES string of the molecule is CC(C)NC(CN(C)CC1CCN(C)C1)C(N)=O. The molecule has 2 atom stereocenters. The number of carbonyl (C=O) groups is 1. The lowest BCUT2D eigenvalue weighted by Gasteiger charge is -2.26. The average Bonchev–Trinajstić information content (AvgIpc) is 2.62. The molecule has 18 heavy (non-hydrogen) atoms. The molecule has 0 aliphatic carbocycles. The predicted octanol–water partition coefficient (Wildman–Crippen LogP) is -0.278. The first-order valence-electron chi connectivity index (χ1n) is 6.81. The van der Waals surface area contributed by atoms with Crippen molar-refractivity contribution in [3.63, 3.8) is 0 Å². The number of carbonyl (C=O) groups excluding carboxylic acids is 1. The van der Waals surface area contributed by atoms with Gasteiger partial charge in [0, 0.05) is 25.7 Å². The van der Waals surface area contributed by atoms with Crippen molar-refractivity contribution in [3.8, 4) is 0 Å². The van der Waals surface area contributed by atoms with E-state index in [2.05, 4.69) is 29.2 Å². The molecule has 1 fully saturated rings. The van der Waals surface area contributed by atoms with Crippen molar-refractivity contribution < 1.29 is 4.79 Å². The summed E-state index contributed by atoms with van der Waals surface area (Å²) in [4.78, 5) is 16.0. The lowest BCUT2D eigenvalue weighted by atomic mass is 10.1. The van der Waals surface area contributed by atoms with Crippen LogP contribution >= 0.6 is 0 Å². The number of primary amides is 1. The predicted molar refractivity (Wildman–Crippen MR) is 74.4 cm³/mol. The fourth-order valence-corrected chi connectivity index (χ4v) is 2.63. The van der Waals surface area contributed by atoms with E-state index in [1.165, 1.54) is 13.0 Å². The fourth-order valence-electron chi connectivity index (χ4n) is 2.63. The van der Waals surface area contributed by atoms with Gasteiger partial charge in [0.05, 0.1) is 6.04 Å². The number of rotatable bonds is 7. The average molecular weight is 256 g/mol. The Balaban J connectivity index is 2.36. The third kappa shape index (κ3) is 5.33. The Morgan fingerprint density at radius 2 is 2.22 bits per heavy atom. The minimum absolute atomic E-state index is 0.255. The van der Waals surface area contributed by atoms with Gasteiger partial charge in [-0.1, -0.05) is 13.8 Å². The Kier molecular flexibility index (Phi) is 6.05. The molecule has 3 N–H and O–H groups in total. The number of nitrogens with zero attached hydrogens (tertiary/aromatic N) is 2. The van der Waals surface area contributed by atoms with E-state index in [1.54, 1.807) is 0 Å². The molecule has 1 aliphatic rings. The van der Waals surface area contributed by atoms with Crippen LogP contribution in [0.25, 0.3) is 0 Å². The number of hydrogen-bond donors (Lipinski definition) is 2. The highest BCUT2D eigenvalue weighted by molar-refractivity contribution is 5.80. The Morgan fingerprint density at radius 1 is 1.56 bits per heavy atom. The summed E-state index contributed by atoms with van der Waals surface area (Å²) in [5, 5.41) is 3.22. The van der Waals surface area contributed by atoms with E-state index in [1.807, 2.05) is 13.8 Å². The molecule has 1 heterocycles. The highest BCUT2D eigenvalue weighted by atomic mass is 16.1. The standard InChI is InChI=1S/C13H28N4O/c1-10(2)15-12(13(14)18)9-17(4)8-11-5-6-16(3)7-11/h10-12,15H,5-9H2,1-4H3,(H2,14,18). The van der Waals surface area contributed by atoms with E-state index in [0.29, 0.717) is 12.5 Å². The van der Waals surface area contributed by atoms with Gasteiger partial charge in [-0.25, -0.2) is 0 Å². The molecule has 0 aromatic carbocycles. The Hall–Kier alpha value is -0.650. The smallest absolute Gasteiger partial charge is 0.235 e. The van der Waals surface area contributed by atoms with E-state index in [-0.39, 0.29) is 18.0 Å². The summed E-state index contributed by atoms with van der Waals surface area (Å²) < 4.78 is 0. The minimum Gasteiger partial charge on any atom is -0.368 e. The van der Waals surface area contributed by atoms with Gasteiger partial charge >= 0.3 is 0 Å². The lowest BCUT2D eigenvalue weighted by molar-refractivity contribution is -0.120. The molecule has 1 rings (SSSR count). The van der Waals surface area contributed by atoms with Crippen LogP contribution in [0.1, 0.15) is 20.3 Å². The van der Waals surface area contributed by atoms with Gasteiger partial charge in [0.25, 0.3) is 0 Å². The highest BCUT2D eigenvalue weighted by Gasteiger charge is 2.23. The maximum atomic E-state index is 11.4. The van der Waals surface area contributed by atoms with Crippen molar-refractivity contribution in [2.45, 2.75) is 32.4 Å². The molecule has 1 saturated heterocycles. The molecule has 0 aromatic heterocycles. The van der Waals surface area contributed by atoms with Crippen LogP contribution in [0.2, 0.25) is 0 Å². The van der Waals surface area contributed by atoms with E-state index >= 15 is 0 Å². The first kappa shape index (κ1) is 15.4. The number of nitrogens with two attached hydrogens (primary N) is 1. The number of amides is 1. The molecule has 1 amide bonds. The fraction of sp³-hybridized carbons (Fsp3) is 0.923. The number of likely N-dealkylation sites (tertiary alicyclic amines) is 1. The summed E-state index contributed by atoms with van der Waals surface area (Å²) in [6.07, 6.45) is 1.25. The number of likely N-dealkylation sites (N-methyl/N-ethyl adjacent to an activating group) is 1.